The number of benzene rings is 1. The Bertz CT molecular complexity index is 713. The summed E-state index contributed by atoms with van der Waals surface area (Å²) in [7, 11) is 0. The van der Waals surface area contributed by atoms with Crippen molar-refractivity contribution in [2.45, 2.75) is 13.5 Å². The van der Waals surface area contributed by atoms with E-state index in [2.05, 4.69) is 22.5 Å². The Morgan fingerprint density at radius 1 is 1.18 bits per heavy atom. The SMILES string of the molecule is CCn1c2ccccc2c2nc(C=O)ccc21. The number of hydrogen-bond acceptors (Lipinski definition) is 2. The summed E-state index contributed by atoms with van der Waals surface area (Å²) in [4.78, 5) is 15.2. The van der Waals surface area contributed by atoms with Gasteiger partial charge in [0.1, 0.15) is 5.69 Å². The zero-order valence-electron chi connectivity index (χ0n) is 9.55. The van der Waals surface area contributed by atoms with Crippen molar-refractivity contribution >= 4 is 28.2 Å². The van der Waals surface area contributed by atoms with Crippen molar-refractivity contribution in [1.29, 1.82) is 0 Å². The number of hydrogen-bond donors (Lipinski definition) is 0. The first-order valence-electron chi connectivity index (χ1n) is 5.68. The maximum absolute atomic E-state index is 10.8. The van der Waals surface area contributed by atoms with Crippen molar-refractivity contribution in [1.82, 2.24) is 9.55 Å². The van der Waals surface area contributed by atoms with Crippen LogP contribution in [0.2, 0.25) is 0 Å². The third-order valence-electron chi connectivity index (χ3n) is 3.07. The van der Waals surface area contributed by atoms with E-state index in [1.165, 1.54) is 5.52 Å². The number of pyridine rings is 1. The summed E-state index contributed by atoms with van der Waals surface area (Å²) in [5, 5.41) is 1.10. The van der Waals surface area contributed by atoms with Crippen molar-refractivity contribution < 1.29 is 4.79 Å². The van der Waals surface area contributed by atoms with E-state index in [9.17, 15) is 4.79 Å². The minimum absolute atomic E-state index is 0.483. The van der Waals surface area contributed by atoms with Crippen LogP contribution in [0.5, 0.6) is 0 Å². The number of aromatic nitrogens is 2. The fourth-order valence-electron chi connectivity index (χ4n) is 2.33. The van der Waals surface area contributed by atoms with Gasteiger partial charge in [0.25, 0.3) is 0 Å². The molecule has 0 aliphatic rings. The molecule has 0 bridgehead atoms. The molecule has 0 unspecified atom stereocenters. The molecule has 0 saturated heterocycles. The standard InChI is InChI=1S/C14H12N2O/c1-2-16-12-6-4-3-5-11(12)14-13(16)8-7-10(9-17)15-14/h3-9H,2H2,1H3. The number of fused-ring (bicyclic) bond motifs is 3. The third-order valence-corrected chi connectivity index (χ3v) is 3.07. The quantitative estimate of drug-likeness (QED) is 0.627. The first kappa shape index (κ1) is 10.0. The number of rotatable bonds is 2. The third kappa shape index (κ3) is 1.35. The van der Waals surface area contributed by atoms with Gasteiger partial charge in [0.15, 0.2) is 6.29 Å². The summed E-state index contributed by atoms with van der Waals surface area (Å²) in [6, 6.07) is 11.9. The molecule has 0 spiro atoms. The van der Waals surface area contributed by atoms with Crippen LogP contribution in [0.1, 0.15) is 17.4 Å². The molecule has 3 aromatic rings. The predicted molar refractivity (Wildman–Crippen MR) is 68.3 cm³/mol. The van der Waals surface area contributed by atoms with Crippen LogP contribution in [0.15, 0.2) is 36.4 Å². The molecule has 0 amide bonds. The van der Waals surface area contributed by atoms with Crippen LogP contribution in [0.25, 0.3) is 21.9 Å². The van der Waals surface area contributed by atoms with Crippen molar-refractivity contribution in [2.75, 3.05) is 0 Å². The summed E-state index contributed by atoms with van der Waals surface area (Å²) in [6.45, 7) is 3.01. The van der Waals surface area contributed by atoms with Crippen LogP contribution in [0.4, 0.5) is 0 Å². The lowest BCUT2D eigenvalue weighted by Gasteiger charge is -2.01. The average Bonchev–Trinajstić information content (AvgIpc) is 2.71. The van der Waals surface area contributed by atoms with Gasteiger partial charge in [-0.05, 0) is 25.1 Å². The lowest BCUT2D eigenvalue weighted by molar-refractivity contribution is 0.111. The summed E-state index contributed by atoms with van der Waals surface area (Å²) in [6.07, 6.45) is 0.789. The normalized spacial score (nSPS) is 11.1. The molecule has 0 aliphatic heterocycles. The zero-order valence-corrected chi connectivity index (χ0v) is 9.55. The number of para-hydroxylation sites is 1. The molecule has 3 heteroatoms. The van der Waals surface area contributed by atoms with Gasteiger partial charge in [0.05, 0.1) is 16.6 Å². The van der Waals surface area contributed by atoms with Crippen molar-refractivity contribution in [3.8, 4) is 0 Å². The van der Waals surface area contributed by atoms with Crippen molar-refractivity contribution in [3.63, 3.8) is 0 Å². The highest BCUT2D eigenvalue weighted by Crippen LogP contribution is 2.27. The van der Waals surface area contributed by atoms with Gasteiger partial charge in [-0.25, -0.2) is 4.98 Å². The summed E-state index contributed by atoms with van der Waals surface area (Å²) in [5.74, 6) is 0. The van der Waals surface area contributed by atoms with E-state index in [4.69, 9.17) is 0 Å². The second-order valence-electron chi connectivity index (χ2n) is 3.98. The highest BCUT2D eigenvalue weighted by molar-refractivity contribution is 6.06. The fourth-order valence-corrected chi connectivity index (χ4v) is 2.33. The van der Waals surface area contributed by atoms with Gasteiger partial charge >= 0.3 is 0 Å². The number of aryl methyl sites for hydroxylation is 1. The monoisotopic (exact) mass is 224 g/mol. The predicted octanol–water partition coefficient (Wildman–Crippen LogP) is 3.02. The Hall–Kier alpha value is -2.16. The molecule has 2 aromatic heterocycles. The highest BCUT2D eigenvalue weighted by atomic mass is 16.1. The van der Waals surface area contributed by atoms with E-state index in [-0.39, 0.29) is 0 Å². The molecule has 2 heterocycles. The topological polar surface area (TPSA) is 34.9 Å². The molecular weight excluding hydrogens is 212 g/mol. The largest absolute Gasteiger partial charge is 0.339 e. The Kier molecular flexibility index (Phi) is 2.18. The molecule has 17 heavy (non-hydrogen) atoms. The van der Waals surface area contributed by atoms with Crippen LogP contribution in [0.3, 0.4) is 0 Å². The summed E-state index contributed by atoms with van der Waals surface area (Å²) in [5.41, 5.74) is 3.64. The average molecular weight is 224 g/mol. The summed E-state index contributed by atoms with van der Waals surface area (Å²) < 4.78 is 2.21. The van der Waals surface area contributed by atoms with Crippen LogP contribution < -0.4 is 0 Å². The van der Waals surface area contributed by atoms with Crippen LogP contribution in [-0.4, -0.2) is 15.8 Å². The minimum atomic E-state index is 0.483. The van der Waals surface area contributed by atoms with E-state index in [0.717, 1.165) is 29.3 Å². The van der Waals surface area contributed by atoms with E-state index in [1.54, 1.807) is 6.07 Å². The lowest BCUT2D eigenvalue weighted by Crippen LogP contribution is -1.93. The first-order valence-corrected chi connectivity index (χ1v) is 5.68. The van der Waals surface area contributed by atoms with E-state index in [1.807, 2.05) is 24.3 Å². The smallest absolute Gasteiger partial charge is 0.168 e. The van der Waals surface area contributed by atoms with E-state index in [0.29, 0.717) is 5.69 Å². The molecule has 1 aromatic carbocycles. The van der Waals surface area contributed by atoms with Crippen molar-refractivity contribution in [2.24, 2.45) is 0 Å². The van der Waals surface area contributed by atoms with E-state index >= 15 is 0 Å². The molecule has 0 fully saturated rings. The molecule has 0 atom stereocenters. The zero-order chi connectivity index (χ0) is 11.8. The number of carbonyl (C=O) groups excluding carboxylic acids is 1. The Labute approximate surface area is 98.7 Å². The van der Waals surface area contributed by atoms with Gasteiger partial charge in [-0.2, -0.15) is 0 Å². The maximum Gasteiger partial charge on any atom is 0.168 e. The first-order chi connectivity index (χ1) is 8.35. The molecule has 3 nitrogen and oxygen atoms in total. The molecule has 84 valence electrons. The van der Waals surface area contributed by atoms with Gasteiger partial charge in [0, 0.05) is 11.9 Å². The van der Waals surface area contributed by atoms with Gasteiger partial charge in [-0.1, -0.05) is 18.2 Å². The summed E-state index contributed by atoms with van der Waals surface area (Å²) >= 11 is 0. The van der Waals surface area contributed by atoms with Crippen LogP contribution in [0, 0.1) is 0 Å². The van der Waals surface area contributed by atoms with Crippen molar-refractivity contribution in [3.05, 3.63) is 42.1 Å². The maximum atomic E-state index is 10.8. The Morgan fingerprint density at radius 2 is 2.00 bits per heavy atom. The molecule has 0 N–H and O–H groups in total. The van der Waals surface area contributed by atoms with Gasteiger partial charge < -0.3 is 4.57 Å². The second-order valence-corrected chi connectivity index (χ2v) is 3.98. The Morgan fingerprint density at radius 3 is 2.76 bits per heavy atom. The number of nitrogens with zero attached hydrogens (tertiary/aromatic N) is 2. The minimum Gasteiger partial charge on any atom is -0.339 e. The van der Waals surface area contributed by atoms with E-state index < -0.39 is 0 Å². The van der Waals surface area contributed by atoms with Crippen LogP contribution >= 0.6 is 0 Å². The second kappa shape index (κ2) is 3.70. The van der Waals surface area contributed by atoms with Gasteiger partial charge in [-0.15, -0.1) is 0 Å². The molecule has 0 saturated carbocycles. The van der Waals surface area contributed by atoms with Gasteiger partial charge in [0.2, 0.25) is 0 Å². The van der Waals surface area contributed by atoms with Crippen LogP contribution in [-0.2, 0) is 6.54 Å². The molecule has 0 aliphatic carbocycles. The fraction of sp³-hybridized carbons (Fsp3) is 0.143. The Balaban J connectivity index is 2.53. The number of aldehydes is 1. The number of carbonyl (C=O) groups is 1. The molecule has 3 rings (SSSR count). The highest BCUT2D eigenvalue weighted by Gasteiger charge is 2.10. The lowest BCUT2D eigenvalue weighted by atomic mass is 10.2. The van der Waals surface area contributed by atoms with Gasteiger partial charge in [-0.3, -0.25) is 4.79 Å². The molecule has 0 radical (unpaired) electrons. The molecular formula is C14H12N2O.